The number of ether oxygens (including phenoxy) is 2. The van der Waals surface area contributed by atoms with Gasteiger partial charge in [0, 0.05) is 31.3 Å². The molecule has 1 N–H and O–H groups in total. The zero-order chi connectivity index (χ0) is 27.8. The van der Waals surface area contributed by atoms with Crippen LogP contribution in [0, 0.1) is 0 Å². The second-order valence-electron chi connectivity index (χ2n) is 8.86. The van der Waals surface area contributed by atoms with Crippen LogP contribution in [0.1, 0.15) is 49.5 Å². The molecule has 38 heavy (non-hydrogen) atoms. The van der Waals surface area contributed by atoms with Gasteiger partial charge >= 0.3 is 5.69 Å². The first-order valence-corrected chi connectivity index (χ1v) is 12.8. The summed E-state index contributed by atoms with van der Waals surface area (Å²) >= 11 is 0. The van der Waals surface area contributed by atoms with Crippen LogP contribution in [-0.2, 0) is 17.9 Å². The van der Waals surface area contributed by atoms with E-state index in [-0.39, 0.29) is 35.8 Å². The van der Waals surface area contributed by atoms with Crippen molar-refractivity contribution in [3.8, 4) is 11.5 Å². The van der Waals surface area contributed by atoms with E-state index in [0.29, 0.717) is 42.3 Å². The highest BCUT2D eigenvalue weighted by molar-refractivity contribution is 5.94. The number of methoxy groups -OCH3 is 2. The molecule has 0 aliphatic rings. The minimum atomic E-state index is -0.614. The zero-order valence-corrected chi connectivity index (χ0v) is 22.7. The Hall–Kier alpha value is -4.08. The third-order valence-electron chi connectivity index (χ3n) is 6.51. The lowest BCUT2D eigenvalue weighted by molar-refractivity contribution is -0.131. The number of fused-ring (bicyclic) bond motifs is 1. The van der Waals surface area contributed by atoms with Gasteiger partial charge in [0.05, 0.1) is 31.7 Å². The fraction of sp³-hybridized carbons (Fsp3) is 0.429. The Morgan fingerprint density at radius 3 is 2.13 bits per heavy atom. The first kappa shape index (κ1) is 28.5. The molecule has 2 amide bonds. The molecule has 0 radical (unpaired) electrons. The summed E-state index contributed by atoms with van der Waals surface area (Å²) in [5, 5.41) is 3.09. The van der Waals surface area contributed by atoms with Crippen LogP contribution in [0.25, 0.3) is 10.9 Å². The van der Waals surface area contributed by atoms with E-state index >= 15 is 0 Å². The number of amides is 2. The molecule has 0 unspecified atom stereocenters. The third-order valence-corrected chi connectivity index (χ3v) is 6.51. The minimum absolute atomic E-state index is 0.0286. The SMILES string of the molecule is CCCCNC(=O)c1ccc(Cn2c(=O)c3cc(OC)c(OC)cc3n(CC(=O)N(CC)CC)c2=O)cc1. The van der Waals surface area contributed by atoms with Crippen LogP contribution in [0.3, 0.4) is 0 Å². The Morgan fingerprint density at radius 2 is 1.55 bits per heavy atom. The van der Waals surface area contributed by atoms with Gasteiger partial charge in [-0.3, -0.25) is 23.5 Å². The Bertz CT molecular complexity index is 1400. The number of nitrogens with one attached hydrogen (secondary N) is 1. The van der Waals surface area contributed by atoms with Gasteiger partial charge in [0.15, 0.2) is 11.5 Å². The van der Waals surface area contributed by atoms with Gasteiger partial charge in [-0.15, -0.1) is 0 Å². The maximum Gasteiger partial charge on any atom is 0.332 e. The van der Waals surface area contributed by atoms with Gasteiger partial charge in [0.25, 0.3) is 11.5 Å². The normalized spacial score (nSPS) is 10.9. The molecule has 2 aromatic carbocycles. The molecule has 0 fully saturated rings. The second-order valence-corrected chi connectivity index (χ2v) is 8.86. The van der Waals surface area contributed by atoms with Crippen LogP contribution >= 0.6 is 0 Å². The molecule has 1 heterocycles. The highest BCUT2D eigenvalue weighted by Crippen LogP contribution is 2.30. The summed E-state index contributed by atoms with van der Waals surface area (Å²) in [6, 6.07) is 9.82. The van der Waals surface area contributed by atoms with E-state index in [9.17, 15) is 19.2 Å². The van der Waals surface area contributed by atoms with E-state index in [2.05, 4.69) is 12.2 Å². The smallest absolute Gasteiger partial charge is 0.332 e. The molecule has 0 atom stereocenters. The van der Waals surface area contributed by atoms with Gasteiger partial charge in [0.1, 0.15) is 6.54 Å². The molecule has 0 bridgehead atoms. The van der Waals surface area contributed by atoms with Crippen molar-refractivity contribution in [2.75, 3.05) is 33.9 Å². The quantitative estimate of drug-likeness (QED) is 0.365. The van der Waals surface area contributed by atoms with Crippen LogP contribution < -0.4 is 26.0 Å². The summed E-state index contributed by atoms with van der Waals surface area (Å²) in [4.78, 5) is 54.1. The van der Waals surface area contributed by atoms with E-state index < -0.39 is 11.2 Å². The van der Waals surface area contributed by atoms with Crippen LogP contribution in [-0.4, -0.2) is 59.7 Å². The Kier molecular flexibility index (Phi) is 9.70. The summed E-state index contributed by atoms with van der Waals surface area (Å²) in [5.74, 6) is 0.263. The molecule has 10 heteroatoms. The zero-order valence-electron chi connectivity index (χ0n) is 22.7. The van der Waals surface area contributed by atoms with E-state index in [0.717, 1.165) is 17.4 Å². The highest BCUT2D eigenvalue weighted by Gasteiger charge is 2.20. The third kappa shape index (κ3) is 6.07. The van der Waals surface area contributed by atoms with Crippen molar-refractivity contribution in [3.63, 3.8) is 0 Å². The molecule has 0 spiro atoms. The van der Waals surface area contributed by atoms with E-state index in [4.69, 9.17) is 9.47 Å². The molecular weight excluding hydrogens is 488 g/mol. The minimum Gasteiger partial charge on any atom is -0.493 e. The molecular formula is C28H36N4O6. The van der Waals surface area contributed by atoms with Crippen LogP contribution in [0.5, 0.6) is 11.5 Å². The van der Waals surface area contributed by atoms with Crippen molar-refractivity contribution in [1.82, 2.24) is 19.4 Å². The van der Waals surface area contributed by atoms with Gasteiger partial charge in [-0.1, -0.05) is 25.5 Å². The highest BCUT2D eigenvalue weighted by atomic mass is 16.5. The topological polar surface area (TPSA) is 112 Å². The number of unbranched alkanes of at least 4 members (excludes halogenated alkanes) is 1. The molecule has 10 nitrogen and oxygen atoms in total. The van der Waals surface area contributed by atoms with Gasteiger partial charge in [0.2, 0.25) is 5.91 Å². The maximum absolute atomic E-state index is 13.6. The number of nitrogens with zero attached hydrogens (tertiary/aromatic N) is 3. The van der Waals surface area contributed by atoms with Crippen molar-refractivity contribution in [3.05, 3.63) is 68.4 Å². The summed E-state index contributed by atoms with van der Waals surface area (Å²) < 4.78 is 13.2. The van der Waals surface area contributed by atoms with Crippen LogP contribution in [0.4, 0.5) is 0 Å². The summed E-state index contributed by atoms with van der Waals surface area (Å²) in [6.07, 6.45) is 1.88. The predicted molar refractivity (Wildman–Crippen MR) is 146 cm³/mol. The second kappa shape index (κ2) is 12.9. The van der Waals surface area contributed by atoms with Crippen molar-refractivity contribution in [2.45, 2.75) is 46.7 Å². The molecule has 3 rings (SSSR count). The number of carbonyl (C=O) groups is 2. The average Bonchev–Trinajstić information content (AvgIpc) is 2.93. The number of benzene rings is 2. The van der Waals surface area contributed by atoms with E-state index in [1.807, 2.05) is 13.8 Å². The molecule has 0 aliphatic heterocycles. The molecule has 204 valence electrons. The largest absolute Gasteiger partial charge is 0.493 e. The van der Waals surface area contributed by atoms with Crippen molar-refractivity contribution in [1.29, 1.82) is 0 Å². The number of likely N-dealkylation sites (N-methyl/N-ethyl adjacent to an activating group) is 1. The fourth-order valence-corrected chi connectivity index (χ4v) is 4.27. The lowest BCUT2D eigenvalue weighted by atomic mass is 10.1. The monoisotopic (exact) mass is 524 g/mol. The van der Waals surface area contributed by atoms with Gasteiger partial charge in [-0.25, -0.2) is 4.79 Å². The van der Waals surface area contributed by atoms with Crippen molar-refractivity contribution in [2.24, 2.45) is 0 Å². The van der Waals surface area contributed by atoms with E-state index in [1.165, 1.54) is 24.9 Å². The number of hydrogen-bond acceptors (Lipinski definition) is 6. The predicted octanol–water partition coefficient (Wildman–Crippen LogP) is 2.63. The lowest BCUT2D eigenvalue weighted by Crippen LogP contribution is -2.43. The van der Waals surface area contributed by atoms with Crippen LogP contribution in [0.15, 0.2) is 46.0 Å². The van der Waals surface area contributed by atoms with Crippen molar-refractivity contribution >= 4 is 22.7 Å². The average molecular weight is 525 g/mol. The molecule has 0 saturated carbocycles. The number of hydrogen-bond donors (Lipinski definition) is 1. The van der Waals surface area contributed by atoms with E-state index in [1.54, 1.807) is 35.2 Å². The fourth-order valence-electron chi connectivity index (χ4n) is 4.27. The van der Waals surface area contributed by atoms with Gasteiger partial charge in [-0.05, 0) is 44.0 Å². The van der Waals surface area contributed by atoms with Crippen LogP contribution in [0.2, 0.25) is 0 Å². The lowest BCUT2D eigenvalue weighted by Gasteiger charge is -2.21. The molecule has 0 saturated heterocycles. The number of carbonyl (C=O) groups excluding carboxylic acids is 2. The van der Waals surface area contributed by atoms with Gasteiger partial charge in [-0.2, -0.15) is 0 Å². The number of rotatable bonds is 12. The maximum atomic E-state index is 13.6. The first-order chi connectivity index (χ1) is 18.3. The summed E-state index contributed by atoms with van der Waals surface area (Å²) in [7, 11) is 2.92. The van der Waals surface area contributed by atoms with Gasteiger partial charge < -0.3 is 19.7 Å². The summed E-state index contributed by atoms with van der Waals surface area (Å²) in [6.45, 7) is 7.12. The molecule has 1 aromatic heterocycles. The summed E-state index contributed by atoms with van der Waals surface area (Å²) in [5.41, 5.74) is 0.314. The molecule has 3 aromatic rings. The Morgan fingerprint density at radius 1 is 0.921 bits per heavy atom. The van der Waals surface area contributed by atoms with Crippen molar-refractivity contribution < 1.29 is 19.1 Å². The Balaban J connectivity index is 2.09. The first-order valence-electron chi connectivity index (χ1n) is 12.8. The molecule has 0 aliphatic carbocycles. The standard InChI is InChI=1S/C28H36N4O6/c1-6-9-14-29-26(34)20-12-10-19(11-13-20)17-32-27(35)21-15-23(37-4)24(38-5)16-22(21)31(28(32)36)18-25(33)30(7-2)8-3/h10-13,15-16H,6-9,14,17-18H2,1-5H3,(H,29,34). The number of aromatic nitrogens is 2. The Labute approximate surface area is 221 Å².